The molecule has 0 spiro atoms. The summed E-state index contributed by atoms with van der Waals surface area (Å²) in [7, 11) is 0. The molecular formula is C40H70O7. The molecule has 0 fully saturated rings. The van der Waals surface area contributed by atoms with Crippen LogP contribution in [0.3, 0.4) is 0 Å². The van der Waals surface area contributed by atoms with Gasteiger partial charge in [0.25, 0.3) is 0 Å². The zero-order valence-corrected chi connectivity index (χ0v) is 30.2. The predicted molar refractivity (Wildman–Crippen MR) is 194 cm³/mol. The second-order valence-corrected chi connectivity index (χ2v) is 13.1. The first-order chi connectivity index (χ1) is 22.8. The van der Waals surface area contributed by atoms with Crippen LogP contribution in [0.15, 0.2) is 48.6 Å². The van der Waals surface area contributed by atoms with Gasteiger partial charge in [-0.25, -0.2) is 0 Å². The van der Waals surface area contributed by atoms with E-state index >= 15 is 0 Å². The summed E-state index contributed by atoms with van der Waals surface area (Å²) in [5.74, 6) is -0.0246. The zero-order chi connectivity index (χ0) is 34.8. The van der Waals surface area contributed by atoms with E-state index in [4.69, 9.17) is 9.47 Å². The summed E-state index contributed by atoms with van der Waals surface area (Å²) in [5.41, 5.74) is 0. The van der Waals surface area contributed by atoms with Crippen molar-refractivity contribution in [1.82, 2.24) is 0 Å². The van der Waals surface area contributed by atoms with E-state index in [1.807, 2.05) is 12.2 Å². The highest BCUT2D eigenvalue weighted by atomic mass is 16.6. The molecule has 0 aliphatic rings. The van der Waals surface area contributed by atoms with Gasteiger partial charge in [0.2, 0.25) is 0 Å². The van der Waals surface area contributed by atoms with Crippen LogP contribution in [0.1, 0.15) is 156 Å². The predicted octanol–water partition coefficient (Wildman–Crippen LogP) is 9.25. The summed E-state index contributed by atoms with van der Waals surface area (Å²) >= 11 is 0. The Morgan fingerprint density at radius 1 is 0.532 bits per heavy atom. The van der Waals surface area contributed by atoms with Crippen LogP contribution in [0.4, 0.5) is 0 Å². The number of ether oxygens (including phenoxy) is 2. The molecule has 0 aromatic rings. The van der Waals surface area contributed by atoms with Gasteiger partial charge in [-0.05, 0) is 57.3 Å². The monoisotopic (exact) mass is 663 g/mol. The van der Waals surface area contributed by atoms with Gasteiger partial charge in [0.1, 0.15) is 19.3 Å². The summed E-state index contributed by atoms with van der Waals surface area (Å²) in [6, 6.07) is 0. The molecule has 0 saturated carbocycles. The average Bonchev–Trinajstić information content (AvgIpc) is 3.05. The standard InChI is InChI=1S/C40H70O7/c1-4-5-6-7-8-9-10-13-16-19-22-25-29-37(42)38(43)30-27-32-40(45)47-34-36(41)33-46-39(44)31-26-23-20-17-14-11-12-15-18-21-24-28-35(2)3/h5-6,8-9,13,16,22,25,35-38,41-43H,4,7,10-12,14-15,17-21,23-24,26-34H2,1-3H3/b6-5-,9-8-,16-13-,25-22-/t36-,37-,38-/m0/s1. The largest absolute Gasteiger partial charge is 0.463 e. The van der Waals surface area contributed by atoms with Crippen LogP contribution >= 0.6 is 0 Å². The fraction of sp³-hybridized carbons (Fsp3) is 0.750. The van der Waals surface area contributed by atoms with Gasteiger partial charge < -0.3 is 24.8 Å². The molecule has 0 aliphatic heterocycles. The van der Waals surface area contributed by atoms with Gasteiger partial charge >= 0.3 is 11.9 Å². The topological polar surface area (TPSA) is 113 Å². The summed E-state index contributed by atoms with van der Waals surface area (Å²) in [6.07, 6.45) is 33.5. The Hall–Kier alpha value is -2.22. The van der Waals surface area contributed by atoms with Gasteiger partial charge in [-0.3, -0.25) is 9.59 Å². The van der Waals surface area contributed by atoms with Gasteiger partial charge in [0.15, 0.2) is 0 Å². The molecule has 0 aromatic heterocycles. The van der Waals surface area contributed by atoms with E-state index in [1.165, 1.54) is 57.8 Å². The van der Waals surface area contributed by atoms with Gasteiger partial charge in [-0.1, -0.05) is 140 Å². The van der Waals surface area contributed by atoms with E-state index < -0.39 is 24.3 Å². The molecule has 3 N–H and O–H groups in total. The van der Waals surface area contributed by atoms with Crippen molar-refractivity contribution in [3.8, 4) is 0 Å². The second-order valence-electron chi connectivity index (χ2n) is 13.1. The number of hydrogen-bond acceptors (Lipinski definition) is 7. The van der Waals surface area contributed by atoms with Gasteiger partial charge in [-0.2, -0.15) is 0 Å². The SMILES string of the molecule is CC/C=C\C/C=C\C/C=C\C/C=C\C[C@H](O)[C@@H](O)CCCC(=O)OC[C@@H](O)COC(=O)CCCCCCCCCCCCCC(C)C. The molecule has 0 amide bonds. The molecule has 0 bridgehead atoms. The minimum Gasteiger partial charge on any atom is -0.463 e. The van der Waals surface area contributed by atoms with Crippen LogP contribution < -0.4 is 0 Å². The Morgan fingerprint density at radius 3 is 1.45 bits per heavy atom. The number of rotatable bonds is 32. The molecule has 0 saturated heterocycles. The highest BCUT2D eigenvalue weighted by molar-refractivity contribution is 5.69. The molecule has 3 atom stereocenters. The summed E-state index contributed by atoms with van der Waals surface area (Å²) in [4.78, 5) is 23.9. The summed E-state index contributed by atoms with van der Waals surface area (Å²) in [5, 5.41) is 30.3. The average molecular weight is 663 g/mol. The highest BCUT2D eigenvalue weighted by Gasteiger charge is 2.16. The number of carbonyl (C=O) groups excluding carboxylic acids is 2. The van der Waals surface area contributed by atoms with E-state index in [0.717, 1.165) is 50.9 Å². The van der Waals surface area contributed by atoms with E-state index in [0.29, 0.717) is 19.3 Å². The fourth-order valence-corrected chi connectivity index (χ4v) is 5.00. The molecular weight excluding hydrogens is 592 g/mol. The molecule has 7 heteroatoms. The number of aliphatic hydroxyl groups is 3. The lowest BCUT2D eigenvalue weighted by Crippen LogP contribution is -2.26. The molecule has 47 heavy (non-hydrogen) atoms. The van der Waals surface area contributed by atoms with Gasteiger partial charge in [0, 0.05) is 12.8 Å². The lowest BCUT2D eigenvalue weighted by Gasteiger charge is -2.16. The van der Waals surface area contributed by atoms with Crippen LogP contribution in [0.25, 0.3) is 0 Å². The van der Waals surface area contributed by atoms with Crippen molar-refractivity contribution >= 4 is 11.9 Å². The lowest BCUT2D eigenvalue weighted by molar-refractivity contribution is -0.152. The Morgan fingerprint density at radius 2 is 0.957 bits per heavy atom. The maximum absolute atomic E-state index is 12.0. The van der Waals surface area contributed by atoms with Crippen molar-refractivity contribution in [2.75, 3.05) is 13.2 Å². The van der Waals surface area contributed by atoms with E-state index in [9.17, 15) is 24.9 Å². The third kappa shape index (κ3) is 33.5. The third-order valence-electron chi connectivity index (χ3n) is 7.96. The molecule has 0 aliphatic carbocycles. The van der Waals surface area contributed by atoms with Crippen LogP contribution in [0.5, 0.6) is 0 Å². The first kappa shape index (κ1) is 44.8. The molecule has 0 unspecified atom stereocenters. The quantitative estimate of drug-likeness (QED) is 0.0374. The van der Waals surface area contributed by atoms with Crippen molar-refractivity contribution in [2.45, 2.75) is 174 Å². The Bertz CT molecular complexity index is 846. The van der Waals surface area contributed by atoms with Gasteiger partial charge in [-0.15, -0.1) is 0 Å². The Labute approximate surface area is 287 Å². The third-order valence-corrected chi connectivity index (χ3v) is 7.96. The number of aliphatic hydroxyl groups excluding tert-OH is 3. The Balaban J connectivity index is 3.71. The number of hydrogen-bond donors (Lipinski definition) is 3. The molecule has 0 radical (unpaired) electrons. The number of esters is 2. The molecule has 0 aromatic carbocycles. The number of carbonyl (C=O) groups is 2. The molecule has 0 rings (SSSR count). The van der Waals surface area contributed by atoms with Crippen LogP contribution in [-0.4, -0.2) is 58.8 Å². The fourth-order valence-electron chi connectivity index (χ4n) is 5.00. The minimum absolute atomic E-state index is 0.0682. The minimum atomic E-state index is -1.07. The molecule has 0 heterocycles. The van der Waals surface area contributed by atoms with Crippen molar-refractivity contribution in [2.24, 2.45) is 5.92 Å². The van der Waals surface area contributed by atoms with E-state index in [1.54, 1.807) is 0 Å². The molecule has 272 valence electrons. The zero-order valence-electron chi connectivity index (χ0n) is 30.2. The number of unbranched alkanes of at least 4 members (excludes halogenated alkanes) is 10. The summed E-state index contributed by atoms with van der Waals surface area (Å²) < 4.78 is 10.2. The first-order valence-corrected chi connectivity index (χ1v) is 18.7. The number of allylic oxidation sites excluding steroid dienone is 7. The lowest BCUT2D eigenvalue weighted by atomic mass is 10.0. The van der Waals surface area contributed by atoms with E-state index in [2.05, 4.69) is 57.2 Å². The van der Waals surface area contributed by atoms with Crippen LogP contribution in [-0.2, 0) is 19.1 Å². The van der Waals surface area contributed by atoms with Crippen LogP contribution in [0, 0.1) is 5.92 Å². The van der Waals surface area contributed by atoms with Crippen molar-refractivity contribution in [1.29, 1.82) is 0 Å². The van der Waals surface area contributed by atoms with Crippen molar-refractivity contribution < 1.29 is 34.4 Å². The van der Waals surface area contributed by atoms with Crippen molar-refractivity contribution in [3.63, 3.8) is 0 Å². The van der Waals surface area contributed by atoms with Gasteiger partial charge in [0.05, 0.1) is 12.2 Å². The smallest absolute Gasteiger partial charge is 0.305 e. The normalized spacial score (nSPS) is 14.2. The maximum Gasteiger partial charge on any atom is 0.305 e. The highest BCUT2D eigenvalue weighted by Crippen LogP contribution is 2.14. The molecule has 7 nitrogen and oxygen atoms in total. The van der Waals surface area contributed by atoms with E-state index in [-0.39, 0.29) is 32.0 Å². The summed E-state index contributed by atoms with van der Waals surface area (Å²) in [6.45, 7) is 6.25. The maximum atomic E-state index is 12.0. The van der Waals surface area contributed by atoms with Crippen molar-refractivity contribution in [3.05, 3.63) is 48.6 Å². The van der Waals surface area contributed by atoms with Crippen LogP contribution in [0.2, 0.25) is 0 Å². The first-order valence-electron chi connectivity index (χ1n) is 18.7. The Kier molecular flexibility index (Phi) is 32.1. The second kappa shape index (κ2) is 33.7.